The molecule has 4 rings (SSSR count). The summed E-state index contributed by atoms with van der Waals surface area (Å²) in [5, 5.41) is 0. The molecule has 4 fully saturated rings. The predicted molar refractivity (Wildman–Crippen MR) is 127 cm³/mol. The molecule has 168 valence electrons. The van der Waals surface area contributed by atoms with E-state index in [2.05, 4.69) is 51.7 Å². The second kappa shape index (κ2) is 8.79. The molecule has 4 aliphatic rings. The Morgan fingerprint density at radius 1 is 1.00 bits per heavy atom. The molecule has 0 aromatic rings. The van der Waals surface area contributed by atoms with Crippen LogP contribution in [0.3, 0.4) is 0 Å². The maximum absolute atomic E-state index is 4.53. The molecule has 1 heteroatoms. The molecule has 0 radical (unpaired) electrons. The van der Waals surface area contributed by atoms with Crippen LogP contribution in [0.5, 0.6) is 0 Å². The van der Waals surface area contributed by atoms with Crippen LogP contribution in [0.2, 0.25) is 8.36 Å². The van der Waals surface area contributed by atoms with Gasteiger partial charge in [-0.2, -0.15) is 0 Å². The normalized spacial score (nSPS) is 48.2. The summed E-state index contributed by atoms with van der Waals surface area (Å²) in [5.74, 6) is 6.83. The van der Waals surface area contributed by atoms with E-state index in [1.165, 1.54) is 57.8 Å². The third-order valence-electron chi connectivity index (χ3n) is 11.8. The van der Waals surface area contributed by atoms with Gasteiger partial charge in [0.05, 0.1) is 0 Å². The van der Waals surface area contributed by atoms with Crippen LogP contribution in [0, 0.1) is 57.7 Å². The number of allylic oxidation sites excluding steroid dienone is 1. The van der Waals surface area contributed by atoms with Crippen LogP contribution in [0.25, 0.3) is 0 Å². The van der Waals surface area contributed by atoms with Gasteiger partial charge in [-0.1, -0.05) is 13.8 Å². The molecular weight excluding hydrogens is 549 g/mol. The van der Waals surface area contributed by atoms with Crippen LogP contribution in [0.15, 0.2) is 12.7 Å². The van der Waals surface area contributed by atoms with Gasteiger partial charge >= 0.3 is 182 Å². The van der Waals surface area contributed by atoms with E-state index in [1.54, 1.807) is 10.4 Å². The fourth-order valence-electron chi connectivity index (χ4n) is 10.4. The second-order valence-electron chi connectivity index (χ2n) is 13.3. The molecule has 9 atom stereocenters. The quantitative estimate of drug-likeness (QED) is 0.193. The third-order valence-corrected chi connectivity index (χ3v) is 16.8. The van der Waals surface area contributed by atoms with Crippen molar-refractivity contribution in [1.29, 1.82) is 0 Å². The number of fused-ring (bicyclic) bond motifs is 5. The maximum atomic E-state index is 4.53. The summed E-state index contributed by atoms with van der Waals surface area (Å²) in [4.78, 5) is 0. The molecule has 30 heavy (non-hydrogen) atoms. The Hall–Kier alpha value is 0.675. The number of hydrogen-bond acceptors (Lipinski definition) is 0. The third kappa shape index (κ3) is 3.46. The summed E-state index contributed by atoms with van der Waals surface area (Å²) >= 11 is -0.593. The van der Waals surface area contributed by atoms with Crippen molar-refractivity contribution in [3.63, 3.8) is 0 Å². The molecule has 0 unspecified atom stereocenters. The van der Waals surface area contributed by atoms with Gasteiger partial charge in [0.2, 0.25) is 0 Å². The van der Waals surface area contributed by atoms with E-state index in [-0.39, 0.29) is 0 Å². The second-order valence-corrected chi connectivity index (χ2v) is 19.4. The molecule has 4 saturated carbocycles. The standard InChI is InChI=1S/C28H47.CH3.Hg/c1-8-28-18-22-24-13-12-23(20(4)11-9-10-19(2)3)26(24,6)16-15-25(22)27(28,7)17-14-21(28)5;;/h8,19-25H,1,5,9-18H2,2-4,6-7H3;1H3;/t20-,21+,22+,23-,24+,25+,26-,27-,28-;;/m1../s1. The zero-order valence-electron chi connectivity index (χ0n) is 21.3. The summed E-state index contributed by atoms with van der Waals surface area (Å²) in [6, 6.07) is 0. The van der Waals surface area contributed by atoms with Crippen LogP contribution >= 0.6 is 0 Å². The summed E-state index contributed by atoms with van der Waals surface area (Å²) in [6.45, 7) is 17.4. The molecule has 0 N–H and O–H groups in total. The molecule has 0 saturated heterocycles. The van der Waals surface area contributed by atoms with Crippen molar-refractivity contribution in [3.8, 4) is 0 Å². The van der Waals surface area contributed by atoms with Crippen molar-refractivity contribution in [2.75, 3.05) is 0 Å². The molecule has 0 aliphatic heterocycles. The Morgan fingerprint density at radius 3 is 2.43 bits per heavy atom. The van der Waals surface area contributed by atoms with Crippen LogP contribution in [0.4, 0.5) is 0 Å². The summed E-state index contributed by atoms with van der Waals surface area (Å²) in [6.07, 6.45) is 17.6. The molecule has 0 heterocycles. The molecule has 0 aromatic carbocycles. The van der Waals surface area contributed by atoms with Gasteiger partial charge in [0.1, 0.15) is 0 Å². The van der Waals surface area contributed by atoms with Gasteiger partial charge in [-0.25, -0.2) is 0 Å². The summed E-state index contributed by atoms with van der Waals surface area (Å²) in [5.41, 5.74) is 1.72. The first-order chi connectivity index (χ1) is 14.2. The van der Waals surface area contributed by atoms with E-state index in [0.717, 1.165) is 41.4 Å². The molecule has 0 amide bonds. The topological polar surface area (TPSA) is 0 Å². The van der Waals surface area contributed by atoms with Crippen LogP contribution < -0.4 is 0 Å². The van der Waals surface area contributed by atoms with Gasteiger partial charge < -0.3 is 0 Å². The SMILES string of the molecule is C=C[C@]12C[C@H]3[C@@H]4CC[C@H]([C@H](C)CCCC(C)C)[C@@]4(C)CC[C@@H]3[C@@]1(C)CC[C@@H]2[CH2][Hg][CH3]. The van der Waals surface area contributed by atoms with Crippen molar-refractivity contribution in [1.82, 2.24) is 0 Å². The van der Waals surface area contributed by atoms with Gasteiger partial charge in [-0.15, -0.1) is 0 Å². The first-order valence-electron chi connectivity index (χ1n) is 13.9. The van der Waals surface area contributed by atoms with Crippen LogP contribution in [-0.2, 0) is 24.6 Å². The van der Waals surface area contributed by atoms with Gasteiger partial charge in [-0.3, -0.25) is 0 Å². The first-order valence-corrected chi connectivity index (χ1v) is 23.3. The van der Waals surface area contributed by atoms with E-state index in [4.69, 9.17) is 0 Å². The van der Waals surface area contributed by atoms with E-state index < -0.39 is 24.6 Å². The molecule has 0 aromatic heterocycles. The predicted octanol–water partition coefficient (Wildman–Crippen LogP) is 9.05. The Morgan fingerprint density at radius 2 is 1.77 bits per heavy atom. The van der Waals surface area contributed by atoms with Crippen LogP contribution in [0.1, 0.15) is 98.8 Å². The zero-order chi connectivity index (χ0) is 21.7. The minimum absolute atomic E-state index is 0.505. The van der Waals surface area contributed by atoms with Crippen LogP contribution in [-0.4, -0.2) is 0 Å². The fraction of sp³-hybridized carbons (Fsp3) is 0.931. The van der Waals surface area contributed by atoms with Gasteiger partial charge in [0, 0.05) is 0 Å². The van der Waals surface area contributed by atoms with E-state index >= 15 is 0 Å². The van der Waals surface area contributed by atoms with Crippen molar-refractivity contribution >= 4 is 0 Å². The van der Waals surface area contributed by atoms with Gasteiger partial charge in [-0.05, 0) is 5.92 Å². The van der Waals surface area contributed by atoms with Crippen molar-refractivity contribution in [2.24, 2.45) is 57.7 Å². The van der Waals surface area contributed by atoms with Gasteiger partial charge in [0.15, 0.2) is 0 Å². The van der Waals surface area contributed by atoms with Crippen molar-refractivity contribution in [2.45, 2.75) is 107 Å². The number of hydrogen-bond donors (Lipinski definition) is 0. The Labute approximate surface area is 201 Å². The molecule has 0 nitrogen and oxygen atoms in total. The molecular formula is C29H50Hg. The molecule has 0 spiro atoms. The Balaban J connectivity index is 1.54. The average Bonchev–Trinajstić information content (AvgIpc) is 3.27. The van der Waals surface area contributed by atoms with Gasteiger partial charge in [0.25, 0.3) is 0 Å². The summed E-state index contributed by atoms with van der Waals surface area (Å²) < 4.78 is 4.27. The molecule has 4 aliphatic carbocycles. The van der Waals surface area contributed by atoms with E-state index in [1.807, 2.05) is 0 Å². The molecule has 0 bridgehead atoms. The average molecular weight is 599 g/mol. The van der Waals surface area contributed by atoms with E-state index in [0.29, 0.717) is 16.2 Å². The van der Waals surface area contributed by atoms with Crippen molar-refractivity contribution < 1.29 is 24.6 Å². The fourth-order valence-corrected chi connectivity index (χ4v) is 16.2. The van der Waals surface area contributed by atoms with E-state index in [9.17, 15) is 0 Å². The summed E-state index contributed by atoms with van der Waals surface area (Å²) in [7, 11) is 0. The first kappa shape index (κ1) is 23.8. The minimum atomic E-state index is -0.593. The zero-order valence-corrected chi connectivity index (χ0v) is 26.8. The monoisotopic (exact) mass is 600 g/mol. The Kier molecular flexibility index (Phi) is 6.98. The Bertz CT molecular complexity index is 624. The van der Waals surface area contributed by atoms with Crippen molar-refractivity contribution in [3.05, 3.63) is 12.7 Å². The number of rotatable bonds is 8.